The molecule has 2 aliphatic carbocycles. The molecule has 1 N–H and O–H groups in total. The minimum atomic E-state index is 0.759. The zero-order valence-corrected chi connectivity index (χ0v) is 10.8. The Morgan fingerprint density at radius 3 is 2.25 bits per heavy atom. The van der Waals surface area contributed by atoms with Crippen LogP contribution in [0.5, 0.6) is 0 Å². The third kappa shape index (κ3) is 2.54. The zero-order valence-electron chi connectivity index (χ0n) is 9.19. The average Bonchev–Trinajstić information content (AvgIpc) is 3.15. The van der Waals surface area contributed by atoms with E-state index in [1.54, 1.807) is 12.4 Å². The molecule has 1 aromatic rings. The van der Waals surface area contributed by atoms with Crippen molar-refractivity contribution in [3.8, 4) is 0 Å². The summed E-state index contributed by atoms with van der Waals surface area (Å²) in [5.74, 6) is 3.59. The Bertz CT molecular complexity index is 345. The first kappa shape index (κ1) is 10.5. The van der Waals surface area contributed by atoms with Crippen LogP contribution in [-0.2, 0) is 0 Å². The van der Waals surface area contributed by atoms with Crippen molar-refractivity contribution in [3.05, 3.63) is 16.9 Å². The van der Waals surface area contributed by atoms with Crippen molar-refractivity contribution in [1.82, 2.24) is 9.97 Å². The fraction of sp³-hybridized carbons (Fsp3) is 0.667. The number of anilines is 1. The summed E-state index contributed by atoms with van der Waals surface area (Å²) in [6, 6.07) is 0. The average molecular weight is 282 g/mol. The highest BCUT2D eigenvalue weighted by molar-refractivity contribution is 9.10. The maximum absolute atomic E-state index is 4.24. The summed E-state index contributed by atoms with van der Waals surface area (Å²) in [5, 5.41) is 3.37. The molecule has 0 bridgehead atoms. The molecule has 2 fully saturated rings. The van der Waals surface area contributed by atoms with E-state index in [-0.39, 0.29) is 0 Å². The summed E-state index contributed by atoms with van der Waals surface area (Å²) >= 11 is 3.34. The minimum Gasteiger partial charge on any atom is -0.354 e. The molecule has 86 valence electrons. The third-order valence-electron chi connectivity index (χ3n) is 3.57. The van der Waals surface area contributed by atoms with Crippen molar-refractivity contribution < 1.29 is 0 Å². The first-order valence-electron chi connectivity index (χ1n) is 6.04. The minimum absolute atomic E-state index is 0.759. The van der Waals surface area contributed by atoms with Gasteiger partial charge in [-0.1, -0.05) is 0 Å². The maximum atomic E-state index is 4.24. The SMILES string of the molecule is Brc1cnc(NCC(C2CC2)C2CC2)nc1. The van der Waals surface area contributed by atoms with Crippen LogP contribution in [0.3, 0.4) is 0 Å². The van der Waals surface area contributed by atoms with E-state index in [1.165, 1.54) is 25.7 Å². The van der Waals surface area contributed by atoms with E-state index in [9.17, 15) is 0 Å². The van der Waals surface area contributed by atoms with Gasteiger partial charge in [-0.15, -0.1) is 0 Å². The molecule has 3 rings (SSSR count). The van der Waals surface area contributed by atoms with Crippen molar-refractivity contribution >= 4 is 21.9 Å². The second-order valence-electron chi connectivity index (χ2n) is 4.94. The van der Waals surface area contributed by atoms with Gasteiger partial charge in [0.05, 0.1) is 4.47 Å². The summed E-state index contributed by atoms with van der Waals surface area (Å²) in [6.07, 6.45) is 9.32. The van der Waals surface area contributed by atoms with Crippen molar-refractivity contribution in [2.75, 3.05) is 11.9 Å². The second kappa shape index (κ2) is 4.32. The largest absolute Gasteiger partial charge is 0.354 e. The number of aromatic nitrogens is 2. The lowest BCUT2D eigenvalue weighted by Crippen LogP contribution is -2.19. The van der Waals surface area contributed by atoms with Crippen molar-refractivity contribution in [3.63, 3.8) is 0 Å². The molecule has 0 aromatic carbocycles. The number of nitrogens with one attached hydrogen (secondary N) is 1. The number of hydrogen-bond acceptors (Lipinski definition) is 3. The number of rotatable bonds is 5. The van der Waals surface area contributed by atoms with Crippen LogP contribution in [-0.4, -0.2) is 16.5 Å². The first-order chi connectivity index (χ1) is 7.83. The Morgan fingerprint density at radius 2 is 1.75 bits per heavy atom. The maximum Gasteiger partial charge on any atom is 0.222 e. The van der Waals surface area contributed by atoms with E-state index in [0.29, 0.717) is 0 Å². The first-order valence-corrected chi connectivity index (χ1v) is 6.83. The zero-order chi connectivity index (χ0) is 11.0. The molecule has 3 nitrogen and oxygen atoms in total. The van der Waals surface area contributed by atoms with Gasteiger partial charge >= 0.3 is 0 Å². The molecule has 0 unspecified atom stereocenters. The molecule has 2 aliphatic rings. The van der Waals surface area contributed by atoms with Crippen molar-refractivity contribution in [2.45, 2.75) is 25.7 Å². The monoisotopic (exact) mass is 281 g/mol. The van der Waals surface area contributed by atoms with E-state index < -0.39 is 0 Å². The summed E-state index contributed by atoms with van der Waals surface area (Å²) in [7, 11) is 0. The predicted octanol–water partition coefficient (Wildman–Crippen LogP) is 3.09. The topological polar surface area (TPSA) is 37.8 Å². The van der Waals surface area contributed by atoms with Crippen LogP contribution < -0.4 is 5.32 Å². The van der Waals surface area contributed by atoms with Crippen LogP contribution in [0.4, 0.5) is 5.95 Å². The van der Waals surface area contributed by atoms with Crippen LogP contribution in [0.2, 0.25) is 0 Å². The molecular weight excluding hydrogens is 266 g/mol. The number of hydrogen-bond donors (Lipinski definition) is 1. The lowest BCUT2D eigenvalue weighted by atomic mass is 9.98. The molecule has 0 aliphatic heterocycles. The van der Waals surface area contributed by atoms with Gasteiger partial charge in [0.15, 0.2) is 0 Å². The molecule has 0 radical (unpaired) electrons. The fourth-order valence-electron chi connectivity index (χ4n) is 2.38. The summed E-state index contributed by atoms with van der Waals surface area (Å²) in [4.78, 5) is 8.48. The highest BCUT2D eigenvalue weighted by Crippen LogP contribution is 2.49. The summed E-state index contributed by atoms with van der Waals surface area (Å²) in [5.41, 5.74) is 0. The van der Waals surface area contributed by atoms with Gasteiger partial charge in [0, 0.05) is 18.9 Å². The molecule has 0 saturated heterocycles. The highest BCUT2D eigenvalue weighted by Gasteiger charge is 2.41. The Labute approximate surface area is 104 Å². The van der Waals surface area contributed by atoms with Gasteiger partial charge in [-0.2, -0.15) is 0 Å². The smallest absolute Gasteiger partial charge is 0.222 e. The summed E-state index contributed by atoms with van der Waals surface area (Å²) < 4.78 is 0.930. The molecule has 1 heterocycles. The predicted molar refractivity (Wildman–Crippen MR) is 67.2 cm³/mol. The van der Waals surface area contributed by atoms with E-state index in [1.807, 2.05) is 0 Å². The third-order valence-corrected chi connectivity index (χ3v) is 3.98. The van der Waals surface area contributed by atoms with Crippen molar-refractivity contribution in [2.24, 2.45) is 17.8 Å². The van der Waals surface area contributed by atoms with E-state index in [2.05, 4.69) is 31.2 Å². The van der Waals surface area contributed by atoms with Gasteiger partial charge < -0.3 is 5.32 Å². The molecule has 0 atom stereocenters. The lowest BCUT2D eigenvalue weighted by Gasteiger charge is -2.15. The molecule has 4 heteroatoms. The van der Waals surface area contributed by atoms with Gasteiger partial charge in [0.1, 0.15) is 0 Å². The van der Waals surface area contributed by atoms with Gasteiger partial charge in [0.2, 0.25) is 5.95 Å². The van der Waals surface area contributed by atoms with Gasteiger partial charge in [-0.3, -0.25) is 0 Å². The Kier molecular flexibility index (Phi) is 2.84. The molecule has 0 spiro atoms. The van der Waals surface area contributed by atoms with Crippen LogP contribution >= 0.6 is 15.9 Å². The van der Waals surface area contributed by atoms with Gasteiger partial charge in [-0.25, -0.2) is 9.97 Å². The standard InChI is InChI=1S/C12H16BrN3/c13-10-5-14-12(15-6-10)16-7-11(8-1-2-8)9-3-4-9/h5-6,8-9,11H,1-4,7H2,(H,14,15,16). The Morgan fingerprint density at radius 1 is 1.19 bits per heavy atom. The second-order valence-corrected chi connectivity index (χ2v) is 5.86. The number of nitrogens with zero attached hydrogens (tertiary/aromatic N) is 2. The van der Waals surface area contributed by atoms with Crippen LogP contribution in [0, 0.1) is 17.8 Å². The lowest BCUT2D eigenvalue weighted by molar-refractivity contribution is 0.427. The normalized spacial score (nSPS) is 20.1. The van der Waals surface area contributed by atoms with Gasteiger partial charge in [0.25, 0.3) is 0 Å². The van der Waals surface area contributed by atoms with Crippen LogP contribution in [0.1, 0.15) is 25.7 Å². The quantitative estimate of drug-likeness (QED) is 0.901. The van der Waals surface area contributed by atoms with Crippen LogP contribution in [0.15, 0.2) is 16.9 Å². The molecule has 16 heavy (non-hydrogen) atoms. The number of halogens is 1. The molecule has 0 amide bonds. The van der Waals surface area contributed by atoms with Crippen LogP contribution in [0.25, 0.3) is 0 Å². The fourth-order valence-corrected chi connectivity index (χ4v) is 2.58. The Hall–Kier alpha value is -0.640. The summed E-state index contributed by atoms with van der Waals surface area (Å²) in [6.45, 7) is 1.05. The van der Waals surface area contributed by atoms with E-state index >= 15 is 0 Å². The van der Waals surface area contributed by atoms with Crippen molar-refractivity contribution in [1.29, 1.82) is 0 Å². The van der Waals surface area contributed by atoms with Gasteiger partial charge in [-0.05, 0) is 59.4 Å². The van der Waals surface area contributed by atoms with E-state index in [0.717, 1.165) is 34.7 Å². The Balaban J connectivity index is 1.56. The molecule has 1 aromatic heterocycles. The molecule has 2 saturated carbocycles. The molecular formula is C12H16BrN3. The van der Waals surface area contributed by atoms with E-state index in [4.69, 9.17) is 0 Å². The highest BCUT2D eigenvalue weighted by atomic mass is 79.9.